The minimum absolute atomic E-state index is 0.0304. The third kappa shape index (κ3) is 5.08. The quantitative estimate of drug-likeness (QED) is 0.794. The van der Waals surface area contributed by atoms with Gasteiger partial charge in [0.15, 0.2) is 5.17 Å². The van der Waals surface area contributed by atoms with Gasteiger partial charge in [0, 0.05) is 12.1 Å². The van der Waals surface area contributed by atoms with Crippen molar-refractivity contribution in [1.29, 1.82) is 0 Å². The number of aliphatic imine (C=N–C) groups is 1. The monoisotopic (exact) mass is 405 g/mol. The number of hydrogen-bond donors (Lipinski definition) is 2. The van der Waals surface area contributed by atoms with E-state index in [1.807, 2.05) is 32.0 Å². The first kappa shape index (κ1) is 19.4. The van der Waals surface area contributed by atoms with Gasteiger partial charge in [-0.2, -0.15) is 0 Å². The van der Waals surface area contributed by atoms with Crippen LogP contribution in [0.4, 0.5) is 15.8 Å². The molecule has 5 nitrogen and oxygen atoms in total. The predicted molar refractivity (Wildman–Crippen MR) is 107 cm³/mol. The molecule has 140 valence electrons. The van der Waals surface area contributed by atoms with Gasteiger partial charge in [0.05, 0.1) is 10.7 Å². The van der Waals surface area contributed by atoms with E-state index in [0.717, 1.165) is 16.8 Å². The molecule has 1 fully saturated rings. The fourth-order valence-electron chi connectivity index (χ4n) is 2.68. The lowest BCUT2D eigenvalue weighted by atomic mass is 10.1. The molecule has 0 aromatic heterocycles. The Kier molecular flexibility index (Phi) is 5.82. The number of carbonyl (C=O) groups is 2. The molecule has 8 heteroatoms. The van der Waals surface area contributed by atoms with Gasteiger partial charge in [0.1, 0.15) is 11.1 Å². The van der Waals surface area contributed by atoms with Crippen molar-refractivity contribution >= 4 is 51.7 Å². The smallest absolute Gasteiger partial charge is 0.240 e. The average molecular weight is 406 g/mol. The van der Waals surface area contributed by atoms with Crippen molar-refractivity contribution in [3.05, 3.63) is 58.4 Å². The minimum atomic E-state index is -0.578. The van der Waals surface area contributed by atoms with E-state index in [0.29, 0.717) is 10.9 Å². The standard InChI is InChI=1S/C19H17ClFN3O2S/c1-10-5-11(2)7-13(6-10)23-19-24-18(26)16(27-19)9-17(25)22-12-3-4-15(21)14(20)8-12/h3-8,16H,9H2,1-2H3,(H,22,25)(H,23,24,26)/t16-/m0/s1. The van der Waals surface area contributed by atoms with Gasteiger partial charge in [0.2, 0.25) is 11.8 Å². The van der Waals surface area contributed by atoms with Gasteiger partial charge in [-0.05, 0) is 55.3 Å². The number of hydrogen-bond acceptors (Lipinski definition) is 4. The number of amidine groups is 1. The first-order valence-electron chi connectivity index (χ1n) is 8.19. The van der Waals surface area contributed by atoms with Crippen LogP contribution in [0.1, 0.15) is 17.5 Å². The Labute approximate surface area is 165 Å². The maximum absolute atomic E-state index is 13.2. The van der Waals surface area contributed by atoms with Crippen LogP contribution in [0.3, 0.4) is 0 Å². The summed E-state index contributed by atoms with van der Waals surface area (Å²) in [6, 6.07) is 9.79. The SMILES string of the molecule is Cc1cc(C)cc(N=C2NC(=O)[C@H](CC(=O)Nc3ccc(F)c(Cl)c3)S2)c1. The topological polar surface area (TPSA) is 70.6 Å². The molecule has 1 aliphatic rings. The molecule has 2 aromatic rings. The van der Waals surface area contributed by atoms with Crippen molar-refractivity contribution < 1.29 is 14.0 Å². The second-order valence-corrected chi connectivity index (χ2v) is 7.84. The van der Waals surface area contributed by atoms with Crippen LogP contribution in [0.25, 0.3) is 0 Å². The van der Waals surface area contributed by atoms with Gasteiger partial charge in [-0.25, -0.2) is 9.38 Å². The van der Waals surface area contributed by atoms with Crippen molar-refractivity contribution in [2.45, 2.75) is 25.5 Å². The van der Waals surface area contributed by atoms with E-state index >= 15 is 0 Å². The van der Waals surface area contributed by atoms with Crippen LogP contribution in [0.5, 0.6) is 0 Å². The largest absolute Gasteiger partial charge is 0.326 e. The fraction of sp³-hybridized carbons (Fsp3) is 0.211. The number of amides is 2. The summed E-state index contributed by atoms with van der Waals surface area (Å²) in [5, 5.41) is 5.12. The molecule has 1 saturated heterocycles. The van der Waals surface area contributed by atoms with Crippen molar-refractivity contribution in [3.63, 3.8) is 0 Å². The summed E-state index contributed by atoms with van der Waals surface area (Å²) in [5.74, 6) is -1.19. The number of aryl methyl sites for hydroxylation is 2. The number of thioether (sulfide) groups is 1. The van der Waals surface area contributed by atoms with Crippen LogP contribution in [0.15, 0.2) is 41.4 Å². The molecule has 0 saturated carbocycles. The lowest BCUT2D eigenvalue weighted by Crippen LogP contribution is -2.28. The summed E-state index contributed by atoms with van der Waals surface area (Å²) in [6.45, 7) is 3.96. The van der Waals surface area contributed by atoms with Crippen LogP contribution in [-0.4, -0.2) is 22.2 Å². The molecule has 0 unspecified atom stereocenters. The Morgan fingerprint density at radius 2 is 1.96 bits per heavy atom. The number of nitrogens with zero attached hydrogens (tertiary/aromatic N) is 1. The first-order chi connectivity index (χ1) is 12.8. The van der Waals surface area contributed by atoms with Crippen molar-refractivity contribution in [2.24, 2.45) is 4.99 Å². The number of nitrogens with one attached hydrogen (secondary N) is 2. The predicted octanol–water partition coefficient (Wildman–Crippen LogP) is 4.34. The zero-order chi connectivity index (χ0) is 19.6. The molecular weight excluding hydrogens is 389 g/mol. The Bertz CT molecular complexity index is 928. The van der Waals surface area contributed by atoms with Crippen LogP contribution < -0.4 is 10.6 Å². The van der Waals surface area contributed by atoms with E-state index in [4.69, 9.17) is 11.6 Å². The molecule has 1 atom stereocenters. The van der Waals surface area contributed by atoms with E-state index in [2.05, 4.69) is 15.6 Å². The molecule has 1 aliphatic heterocycles. The summed E-state index contributed by atoms with van der Waals surface area (Å²) in [5.41, 5.74) is 3.29. The van der Waals surface area contributed by atoms with Crippen molar-refractivity contribution in [1.82, 2.24) is 5.32 Å². The van der Waals surface area contributed by atoms with Gasteiger partial charge < -0.3 is 10.6 Å². The van der Waals surface area contributed by atoms with E-state index in [9.17, 15) is 14.0 Å². The van der Waals surface area contributed by atoms with Gasteiger partial charge in [-0.3, -0.25) is 9.59 Å². The van der Waals surface area contributed by atoms with E-state index in [1.54, 1.807) is 0 Å². The lowest BCUT2D eigenvalue weighted by molar-refractivity contribution is -0.122. The number of anilines is 1. The average Bonchev–Trinajstić information content (AvgIpc) is 2.89. The molecule has 0 radical (unpaired) electrons. The first-order valence-corrected chi connectivity index (χ1v) is 9.45. The molecule has 2 amide bonds. The maximum atomic E-state index is 13.2. The van der Waals surface area contributed by atoms with E-state index in [1.165, 1.54) is 30.0 Å². The third-order valence-corrected chi connectivity index (χ3v) is 5.16. The van der Waals surface area contributed by atoms with Crippen LogP contribution in [0, 0.1) is 19.7 Å². The number of halogens is 2. The maximum Gasteiger partial charge on any atom is 0.240 e. The summed E-state index contributed by atoms with van der Waals surface area (Å²) in [6.07, 6.45) is -0.0304. The summed E-state index contributed by atoms with van der Waals surface area (Å²) in [7, 11) is 0. The van der Waals surface area contributed by atoms with Crippen LogP contribution in [0.2, 0.25) is 5.02 Å². The Balaban J connectivity index is 1.64. The highest BCUT2D eigenvalue weighted by Gasteiger charge is 2.32. The van der Waals surface area contributed by atoms with Crippen LogP contribution in [-0.2, 0) is 9.59 Å². The highest BCUT2D eigenvalue weighted by Crippen LogP contribution is 2.27. The molecule has 2 aromatic carbocycles. The van der Waals surface area contributed by atoms with Crippen molar-refractivity contribution in [2.75, 3.05) is 5.32 Å². The molecule has 1 heterocycles. The molecular formula is C19H17ClFN3O2S. The normalized spacial score (nSPS) is 17.9. The second kappa shape index (κ2) is 8.10. The number of carbonyl (C=O) groups excluding carboxylic acids is 2. The summed E-state index contributed by atoms with van der Waals surface area (Å²) >= 11 is 6.91. The van der Waals surface area contributed by atoms with Crippen molar-refractivity contribution in [3.8, 4) is 0 Å². The molecule has 27 heavy (non-hydrogen) atoms. The Hall–Kier alpha value is -2.38. The van der Waals surface area contributed by atoms with Gasteiger partial charge >= 0.3 is 0 Å². The summed E-state index contributed by atoms with van der Waals surface area (Å²) < 4.78 is 13.2. The zero-order valence-corrected chi connectivity index (χ0v) is 16.2. The summed E-state index contributed by atoms with van der Waals surface area (Å²) in [4.78, 5) is 28.8. The van der Waals surface area contributed by atoms with E-state index in [-0.39, 0.29) is 23.3 Å². The minimum Gasteiger partial charge on any atom is -0.326 e. The molecule has 0 aliphatic carbocycles. The highest BCUT2D eigenvalue weighted by atomic mass is 35.5. The number of rotatable bonds is 4. The Morgan fingerprint density at radius 1 is 1.26 bits per heavy atom. The van der Waals surface area contributed by atoms with E-state index < -0.39 is 11.1 Å². The molecule has 3 rings (SSSR count). The zero-order valence-electron chi connectivity index (χ0n) is 14.7. The molecule has 0 spiro atoms. The second-order valence-electron chi connectivity index (χ2n) is 6.24. The molecule has 2 N–H and O–H groups in total. The molecule has 0 bridgehead atoms. The van der Waals surface area contributed by atoms with Crippen LogP contribution >= 0.6 is 23.4 Å². The fourth-order valence-corrected chi connectivity index (χ4v) is 3.85. The Morgan fingerprint density at radius 3 is 2.63 bits per heavy atom. The highest BCUT2D eigenvalue weighted by molar-refractivity contribution is 8.15. The third-order valence-electron chi connectivity index (χ3n) is 3.79. The lowest BCUT2D eigenvalue weighted by Gasteiger charge is -2.08. The van der Waals surface area contributed by atoms with Gasteiger partial charge in [-0.1, -0.05) is 29.4 Å². The van der Waals surface area contributed by atoms with Gasteiger partial charge in [0.25, 0.3) is 0 Å². The number of benzene rings is 2. The van der Waals surface area contributed by atoms with Gasteiger partial charge in [-0.15, -0.1) is 0 Å².